The third-order valence-electron chi connectivity index (χ3n) is 5.40. The molecule has 0 fully saturated rings. The van der Waals surface area contributed by atoms with Crippen LogP contribution >= 0.6 is 22.9 Å². The molecule has 3 aromatic rings. The van der Waals surface area contributed by atoms with Crippen molar-refractivity contribution in [2.24, 2.45) is 4.99 Å². The summed E-state index contributed by atoms with van der Waals surface area (Å²) in [6.07, 6.45) is 1.79. The van der Waals surface area contributed by atoms with Crippen LogP contribution in [-0.2, 0) is 9.53 Å². The number of esters is 1. The number of fused-ring (bicyclic) bond motifs is 2. The average molecular weight is 483 g/mol. The maximum Gasteiger partial charge on any atom is 0.338 e. The summed E-state index contributed by atoms with van der Waals surface area (Å²) in [4.78, 5) is 31.5. The van der Waals surface area contributed by atoms with E-state index in [1.165, 1.54) is 11.3 Å². The predicted octanol–water partition coefficient (Wildman–Crippen LogP) is 3.18. The molecule has 7 nitrogen and oxygen atoms in total. The molecule has 168 valence electrons. The van der Waals surface area contributed by atoms with Crippen LogP contribution in [0.3, 0.4) is 0 Å². The van der Waals surface area contributed by atoms with Gasteiger partial charge in [0.15, 0.2) is 16.3 Å². The molecule has 1 atom stereocenters. The van der Waals surface area contributed by atoms with E-state index < -0.39 is 12.0 Å². The molecule has 3 heterocycles. The maximum atomic E-state index is 13.6. The number of halogens is 1. The van der Waals surface area contributed by atoms with E-state index in [4.69, 9.17) is 25.8 Å². The van der Waals surface area contributed by atoms with Crippen LogP contribution < -0.4 is 24.4 Å². The van der Waals surface area contributed by atoms with Crippen molar-refractivity contribution in [3.05, 3.63) is 89.6 Å². The minimum Gasteiger partial charge on any atom is -0.463 e. The standard InChI is InChI=1S/C24H19ClN2O5S/c1-3-30-23(29)20-13(2)26-24-27(21(20)15-5-7-16(25)8-6-15)22(28)19(33-24)11-14-4-9-17-18(10-14)32-12-31-17/h4-11,21H,3,12H2,1-2H3/b19-11+. The topological polar surface area (TPSA) is 79.1 Å². The SMILES string of the molecule is CCOC(=O)C1=C(C)N=c2s/c(=C/c3ccc4c(c3)OCO4)c(=O)n2C1c1ccc(Cl)cc1. The lowest BCUT2D eigenvalue weighted by Gasteiger charge is -2.24. The third kappa shape index (κ3) is 3.85. The first kappa shape index (κ1) is 21.5. The molecule has 5 rings (SSSR count). The molecular weight excluding hydrogens is 464 g/mol. The van der Waals surface area contributed by atoms with Crippen LogP contribution in [0.4, 0.5) is 0 Å². The van der Waals surface area contributed by atoms with Crippen molar-refractivity contribution < 1.29 is 19.0 Å². The Morgan fingerprint density at radius 1 is 1.24 bits per heavy atom. The fourth-order valence-electron chi connectivity index (χ4n) is 3.91. The Labute approximate surface area is 197 Å². The lowest BCUT2D eigenvalue weighted by Crippen LogP contribution is -2.39. The second-order valence-electron chi connectivity index (χ2n) is 7.47. The highest BCUT2D eigenvalue weighted by Gasteiger charge is 2.33. The highest BCUT2D eigenvalue weighted by molar-refractivity contribution is 7.07. The molecule has 0 spiro atoms. The summed E-state index contributed by atoms with van der Waals surface area (Å²) in [5.41, 5.74) is 2.15. The van der Waals surface area contributed by atoms with Gasteiger partial charge in [0.25, 0.3) is 5.56 Å². The largest absolute Gasteiger partial charge is 0.463 e. The summed E-state index contributed by atoms with van der Waals surface area (Å²) in [5, 5.41) is 0.562. The molecule has 1 unspecified atom stereocenters. The van der Waals surface area contributed by atoms with Crippen molar-refractivity contribution in [1.29, 1.82) is 0 Å². The number of aromatic nitrogens is 1. The van der Waals surface area contributed by atoms with Gasteiger partial charge < -0.3 is 14.2 Å². The number of nitrogens with zero attached hydrogens (tertiary/aromatic N) is 2. The van der Waals surface area contributed by atoms with Crippen LogP contribution in [0.15, 0.2) is 63.5 Å². The Hall–Kier alpha value is -3.36. The van der Waals surface area contributed by atoms with E-state index >= 15 is 0 Å². The maximum absolute atomic E-state index is 13.6. The van der Waals surface area contributed by atoms with Gasteiger partial charge >= 0.3 is 5.97 Å². The molecule has 0 aliphatic carbocycles. The molecule has 0 saturated heterocycles. The van der Waals surface area contributed by atoms with Crippen molar-refractivity contribution >= 4 is 35.0 Å². The number of rotatable bonds is 4. The van der Waals surface area contributed by atoms with Crippen molar-refractivity contribution in [3.8, 4) is 11.5 Å². The van der Waals surface area contributed by atoms with Gasteiger partial charge in [0.05, 0.1) is 28.5 Å². The van der Waals surface area contributed by atoms with Gasteiger partial charge in [-0.15, -0.1) is 0 Å². The quantitative estimate of drug-likeness (QED) is 0.534. The van der Waals surface area contributed by atoms with Crippen molar-refractivity contribution in [2.75, 3.05) is 13.4 Å². The van der Waals surface area contributed by atoms with E-state index in [0.29, 0.717) is 37.1 Å². The van der Waals surface area contributed by atoms with E-state index in [1.54, 1.807) is 48.8 Å². The van der Waals surface area contributed by atoms with Gasteiger partial charge in [-0.1, -0.05) is 41.1 Å². The third-order valence-corrected chi connectivity index (χ3v) is 6.63. The summed E-state index contributed by atoms with van der Waals surface area (Å²) in [7, 11) is 0. The van der Waals surface area contributed by atoms with E-state index in [0.717, 1.165) is 11.1 Å². The number of allylic oxidation sites excluding steroid dienone is 1. The molecule has 1 aromatic heterocycles. The van der Waals surface area contributed by atoms with Gasteiger partial charge in [-0.3, -0.25) is 9.36 Å². The number of carbonyl (C=O) groups is 1. The van der Waals surface area contributed by atoms with E-state index in [-0.39, 0.29) is 19.0 Å². The summed E-state index contributed by atoms with van der Waals surface area (Å²) in [5.74, 6) is 0.811. The number of hydrogen-bond donors (Lipinski definition) is 0. The van der Waals surface area contributed by atoms with Crippen LogP contribution in [0.1, 0.15) is 31.0 Å². The van der Waals surface area contributed by atoms with Gasteiger partial charge in [0.1, 0.15) is 0 Å². The van der Waals surface area contributed by atoms with Gasteiger partial charge in [-0.05, 0) is 55.3 Å². The van der Waals surface area contributed by atoms with Crippen LogP contribution in [-0.4, -0.2) is 23.9 Å². The molecule has 0 saturated carbocycles. The predicted molar refractivity (Wildman–Crippen MR) is 124 cm³/mol. The van der Waals surface area contributed by atoms with Crippen molar-refractivity contribution in [1.82, 2.24) is 4.57 Å². The second kappa shape index (κ2) is 8.53. The highest BCUT2D eigenvalue weighted by Crippen LogP contribution is 2.33. The van der Waals surface area contributed by atoms with Gasteiger partial charge in [0, 0.05) is 5.02 Å². The van der Waals surface area contributed by atoms with Crippen molar-refractivity contribution in [2.45, 2.75) is 19.9 Å². The fourth-order valence-corrected chi connectivity index (χ4v) is 5.08. The van der Waals surface area contributed by atoms with E-state index in [1.807, 2.05) is 18.2 Å². The zero-order chi connectivity index (χ0) is 23.1. The first-order valence-electron chi connectivity index (χ1n) is 10.3. The molecule has 2 aliphatic heterocycles. The van der Waals surface area contributed by atoms with Crippen LogP contribution in [0.5, 0.6) is 11.5 Å². The Morgan fingerprint density at radius 3 is 2.76 bits per heavy atom. The van der Waals surface area contributed by atoms with Crippen LogP contribution in [0.25, 0.3) is 6.08 Å². The Bertz CT molecular complexity index is 1470. The number of ether oxygens (including phenoxy) is 3. The molecule has 0 bridgehead atoms. The molecule has 0 radical (unpaired) electrons. The number of thiazole rings is 1. The summed E-state index contributed by atoms with van der Waals surface area (Å²) < 4.78 is 18.1. The summed E-state index contributed by atoms with van der Waals surface area (Å²) >= 11 is 7.35. The number of hydrogen-bond acceptors (Lipinski definition) is 7. The minimum absolute atomic E-state index is 0.179. The smallest absolute Gasteiger partial charge is 0.338 e. The first-order valence-corrected chi connectivity index (χ1v) is 11.5. The van der Waals surface area contributed by atoms with Gasteiger partial charge in [-0.25, -0.2) is 9.79 Å². The summed E-state index contributed by atoms with van der Waals surface area (Å²) in [6.45, 7) is 3.89. The monoisotopic (exact) mass is 482 g/mol. The minimum atomic E-state index is -0.670. The Balaban J connectivity index is 1.69. The molecule has 33 heavy (non-hydrogen) atoms. The normalized spacial score (nSPS) is 17.1. The van der Waals surface area contributed by atoms with Crippen LogP contribution in [0, 0.1) is 0 Å². The highest BCUT2D eigenvalue weighted by atomic mass is 35.5. The average Bonchev–Trinajstić information content (AvgIpc) is 3.37. The second-order valence-corrected chi connectivity index (χ2v) is 8.91. The summed E-state index contributed by atoms with van der Waals surface area (Å²) in [6, 6.07) is 11.9. The lowest BCUT2D eigenvalue weighted by atomic mass is 9.96. The van der Waals surface area contributed by atoms with Gasteiger partial charge in [0.2, 0.25) is 6.79 Å². The lowest BCUT2D eigenvalue weighted by molar-refractivity contribution is -0.139. The van der Waals surface area contributed by atoms with Gasteiger partial charge in [-0.2, -0.15) is 0 Å². The van der Waals surface area contributed by atoms with E-state index in [2.05, 4.69) is 4.99 Å². The zero-order valence-electron chi connectivity index (χ0n) is 17.8. The molecule has 9 heteroatoms. The van der Waals surface area contributed by atoms with Crippen LogP contribution in [0.2, 0.25) is 5.02 Å². The fraction of sp³-hybridized carbons (Fsp3) is 0.208. The number of carbonyl (C=O) groups excluding carboxylic acids is 1. The first-order chi connectivity index (χ1) is 16.0. The molecule has 2 aromatic carbocycles. The zero-order valence-corrected chi connectivity index (χ0v) is 19.4. The Kier molecular flexibility index (Phi) is 5.55. The molecule has 2 aliphatic rings. The molecule has 0 amide bonds. The Morgan fingerprint density at radius 2 is 2.00 bits per heavy atom. The molecule has 0 N–H and O–H groups in total. The molecular formula is C24H19ClN2O5S. The van der Waals surface area contributed by atoms with Crippen molar-refractivity contribution in [3.63, 3.8) is 0 Å². The van der Waals surface area contributed by atoms with E-state index in [9.17, 15) is 9.59 Å². The number of benzene rings is 2.